The standard InChI is InChI=1S/C16H19N3OS/c17-14(20)16(15-19-10-11-21-15,12-6-2-1-3-7-12)13-8-4-5-9-18-13/h4-5,8-12H,1-3,6-7H2,(H2,17,20). The maximum Gasteiger partial charge on any atom is 0.236 e. The minimum absolute atomic E-state index is 0.185. The zero-order valence-electron chi connectivity index (χ0n) is 11.9. The van der Waals surface area contributed by atoms with Gasteiger partial charge in [-0.15, -0.1) is 11.3 Å². The maximum absolute atomic E-state index is 12.6. The van der Waals surface area contributed by atoms with Crippen molar-refractivity contribution in [3.05, 3.63) is 46.7 Å². The Labute approximate surface area is 128 Å². The van der Waals surface area contributed by atoms with Gasteiger partial charge in [0.15, 0.2) is 0 Å². The molecule has 21 heavy (non-hydrogen) atoms. The van der Waals surface area contributed by atoms with Crippen LogP contribution in [0.25, 0.3) is 0 Å². The van der Waals surface area contributed by atoms with Crippen molar-refractivity contribution in [2.45, 2.75) is 37.5 Å². The van der Waals surface area contributed by atoms with Crippen LogP contribution in [-0.2, 0) is 10.2 Å². The van der Waals surface area contributed by atoms with E-state index in [4.69, 9.17) is 5.73 Å². The van der Waals surface area contributed by atoms with Gasteiger partial charge in [-0.2, -0.15) is 0 Å². The summed E-state index contributed by atoms with van der Waals surface area (Å²) in [4.78, 5) is 21.5. The Balaban J connectivity index is 2.18. The number of aromatic nitrogens is 2. The number of rotatable bonds is 4. The van der Waals surface area contributed by atoms with E-state index in [1.807, 2.05) is 23.6 Å². The zero-order valence-corrected chi connectivity index (χ0v) is 12.7. The second kappa shape index (κ2) is 5.93. The average molecular weight is 301 g/mol. The van der Waals surface area contributed by atoms with Crippen LogP contribution in [0.2, 0.25) is 0 Å². The van der Waals surface area contributed by atoms with Crippen LogP contribution in [-0.4, -0.2) is 15.9 Å². The molecule has 2 aromatic heterocycles. The van der Waals surface area contributed by atoms with E-state index >= 15 is 0 Å². The topological polar surface area (TPSA) is 68.9 Å². The van der Waals surface area contributed by atoms with Crippen molar-refractivity contribution in [2.24, 2.45) is 11.7 Å². The number of thiazole rings is 1. The molecule has 1 aliphatic carbocycles. The summed E-state index contributed by atoms with van der Waals surface area (Å²) in [6, 6.07) is 5.68. The number of amides is 1. The Kier molecular flexibility index (Phi) is 4.01. The van der Waals surface area contributed by atoms with Gasteiger partial charge in [0.2, 0.25) is 5.91 Å². The normalized spacial score (nSPS) is 19.0. The lowest BCUT2D eigenvalue weighted by Crippen LogP contribution is -2.49. The number of primary amides is 1. The van der Waals surface area contributed by atoms with Gasteiger partial charge in [-0.3, -0.25) is 9.78 Å². The first-order valence-corrected chi connectivity index (χ1v) is 8.25. The molecule has 1 aliphatic rings. The van der Waals surface area contributed by atoms with E-state index in [-0.39, 0.29) is 11.8 Å². The molecule has 110 valence electrons. The summed E-state index contributed by atoms with van der Waals surface area (Å²) in [5.41, 5.74) is 5.77. The van der Waals surface area contributed by atoms with Crippen molar-refractivity contribution in [2.75, 3.05) is 0 Å². The molecule has 1 saturated carbocycles. The van der Waals surface area contributed by atoms with E-state index in [0.717, 1.165) is 36.4 Å². The fourth-order valence-electron chi connectivity index (χ4n) is 3.48. The molecule has 0 aromatic carbocycles. The van der Waals surface area contributed by atoms with Gasteiger partial charge in [0.25, 0.3) is 0 Å². The van der Waals surface area contributed by atoms with Crippen LogP contribution in [0.15, 0.2) is 36.0 Å². The first kappa shape index (κ1) is 14.2. The van der Waals surface area contributed by atoms with Crippen LogP contribution in [0.5, 0.6) is 0 Å². The molecule has 5 heteroatoms. The van der Waals surface area contributed by atoms with Gasteiger partial charge in [0, 0.05) is 17.8 Å². The van der Waals surface area contributed by atoms with Gasteiger partial charge < -0.3 is 5.73 Å². The van der Waals surface area contributed by atoms with Crippen molar-refractivity contribution in [3.63, 3.8) is 0 Å². The summed E-state index contributed by atoms with van der Waals surface area (Å²) in [5.74, 6) is -0.146. The first-order valence-electron chi connectivity index (χ1n) is 7.37. The molecule has 2 N–H and O–H groups in total. The van der Waals surface area contributed by atoms with E-state index in [2.05, 4.69) is 9.97 Å². The summed E-state index contributed by atoms with van der Waals surface area (Å²) >= 11 is 1.49. The van der Waals surface area contributed by atoms with Crippen molar-refractivity contribution in [1.29, 1.82) is 0 Å². The van der Waals surface area contributed by atoms with Crippen molar-refractivity contribution < 1.29 is 4.79 Å². The van der Waals surface area contributed by atoms with Crippen molar-refractivity contribution in [1.82, 2.24) is 9.97 Å². The van der Waals surface area contributed by atoms with E-state index in [9.17, 15) is 4.79 Å². The van der Waals surface area contributed by atoms with Crippen LogP contribution < -0.4 is 5.73 Å². The molecule has 1 unspecified atom stereocenters. The second-order valence-corrected chi connectivity index (χ2v) is 6.45. The molecule has 0 saturated heterocycles. The quantitative estimate of drug-likeness (QED) is 0.944. The first-order chi connectivity index (χ1) is 10.3. The minimum Gasteiger partial charge on any atom is -0.368 e. The largest absolute Gasteiger partial charge is 0.368 e. The monoisotopic (exact) mass is 301 g/mol. The lowest BCUT2D eigenvalue weighted by molar-refractivity contribution is -0.124. The Morgan fingerprint density at radius 3 is 2.57 bits per heavy atom. The van der Waals surface area contributed by atoms with Gasteiger partial charge in [0.05, 0.1) is 5.69 Å². The summed E-state index contributed by atoms with van der Waals surface area (Å²) in [5, 5.41) is 2.68. The van der Waals surface area contributed by atoms with Gasteiger partial charge in [-0.25, -0.2) is 4.98 Å². The number of nitrogens with two attached hydrogens (primary N) is 1. The smallest absolute Gasteiger partial charge is 0.236 e. The lowest BCUT2D eigenvalue weighted by Gasteiger charge is -2.38. The number of nitrogens with zero attached hydrogens (tertiary/aromatic N) is 2. The molecular weight excluding hydrogens is 282 g/mol. The molecule has 2 heterocycles. The highest BCUT2D eigenvalue weighted by molar-refractivity contribution is 7.09. The highest BCUT2D eigenvalue weighted by atomic mass is 32.1. The third kappa shape index (κ3) is 2.35. The molecule has 1 amide bonds. The predicted octanol–water partition coefficient (Wildman–Crippen LogP) is 2.89. The Hall–Kier alpha value is -1.75. The number of carbonyl (C=O) groups is 1. The van der Waals surface area contributed by atoms with Crippen LogP contribution in [0.4, 0.5) is 0 Å². The molecule has 1 fully saturated rings. The van der Waals surface area contributed by atoms with Crippen LogP contribution in [0, 0.1) is 5.92 Å². The Morgan fingerprint density at radius 2 is 2.00 bits per heavy atom. The number of hydrogen-bond donors (Lipinski definition) is 1. The molecule has 0 radical (unpaired) electrons. The van der Waals surface area contributed by atoms with E-state index in [1.165, 1.54) is 17.8 Å². The number of hydrogen-bond acceptors (Lipinski definition) is 4. The number of pyridine rings is 1. The zero-order chi connectivity index (χ0) is 14.7. The lowest BCUT2D eigenvalue weighted by atomic mass is 9.66. The summed E-state index contributed by atoms with van der Waals surface area (Å²) in [6.07, 6.45) is 8.96. The van der Waals surface area contributed by atoms with Crippen molar-refractivity contribution in [3.8, 4) is 0 Å². The molecule has 4 nitrogen and oxygen atoms in total. The fourth-order valence-corrected chi connectivity index (χ4v) is 4.41. The molecular formula is C16H19N3OS. The summed E-state index contributed by atoms with van der Waals surface area (Å²) in [7, 11) is 0. The van der Waals surface area contributed by atoms with Gasteiger partial charge >= 0.3 is 0 Å². The molecule has 1 atom stereocenters. The second-order valence-electron chi connectivity index (χ2n) is 5.56. The third-order valence-electron chi connectivity index (χ3n) is 4.44. The third-order valence-corrected chi connectivity index (χ3v) is 5.35. The fraction of sp³-hybridized carbons (Fsp3) is 0.438. The maximum atomic E-state index is 12.6. The molecule has 0 bridgehead atoms. The van der Waals surface area contributed by atoms with E-state index < -0.39 is 5.41 Å². The molecule has 2 aromatic rings. The van der Waals surface area contributed by atoms with Crippen molar-refractivity contribution >= 4 is 17.2 Å². The average Bonchev–Trinajstić information content (AvgIpc) is 3.04. The van der Waals surface area contributed by atoms with Gasteiger partial charge in [0.1, 0.15) is 10.4 Å². The van der Waals surface area contributed by atoms with Crippen LogP contribution >= 0.6 is 11.3 Å². The van der Waals surface area contributed by atoms with Gasteiger partial charge in [-0.1, -0.05) is 25.3 Å². The predicted molar refractivity (Wildman–Crippen MR) is 82.9 cm³/mol. The van der Waals surface area contributed by atoms with E-state index in [0.29, 0.717) is 0 Å². The molecule has 3 rings (SSSR count). The Bertz CT molecular complexity index is 593. The van der Waals surface area contributed by atoms with Gasteiger partial charge in [-0.05, 0) is 30.9 Å². The van der Waals surface area contributed by atoms with E-state index in [1.54, 1.807) is 12.4 Å². The highest BCUT2D eigenvalue weighted by Gasteiger charge is 2.50. The van der Waals surface area contributed by atoms with Crippen LogP contribution in [0.1, 0.15) is 42.8 Å². The number of carbonyl (C=O) groups excluding carboxylic acids is 1. The molecule has 0 aliphatic heterocycles. The summed E-state index contributed by atoms with van der Waals surface area (Å²) in [6.45, 7) is 0. The molecule has 0 spiro atoms. The van der Waals surface area contributed by atoms with Crippen LogP contribution in [0.3, 0.4) is 0 Å². The minimum atomic E-state index is -0.879. The summed E-state index contributed by atoms with van der Waals surface area (Å²) < 4.78 is 0. The Morgan fingerprint density at radius 1 is 1.19 bits per heavy atom. The SMILES string of the molecule is NC(=O)C(c1ccccn1)(c1nccs1)C1CCCCC1. The highest BCUT2D eigenvalue weighted by Crippen LogP contribution is 2.45.